The van der Waals surface area contributed by atoms with Gasteiger partial charge in [-0.1, -0.05) is 0 Å². The van der Waals surface area contributed by atoms with Gasteiger partial charge in [-0.3, -0.25) is 0 Å². The Balaban J connectivity index is 3.42. The molecule has 0 spiro atoms. The van der Waals surface area contributed by atoms with E-state index in [2.05, 4.69) is 3.82 Å². The second-order valence-corrected chi connectivity index (χ2v) is 3.07. The molecule has 0 aromatic heterocycles. The molecule has 0 aromatic carbocycles. The molecular weight excluding hydrogens is 167 g/mol. The molecule has 0 unspecified atom stereocenters. The van der Waals surface area contributed by atoms with E-state index in [9.17, 15) is 11.5 Å². The fourth-order valence-corrected chi connectivity index (χ4v) is 0.759. The van der Waals surface area contributed by atoms with E-state index in [1.54, 1.807) is 0 Å². The number of rotatable bonds is 4. The van der Waals surface area contributed by atoms with E-state index in [1.165, 1.54) is 0 Å². The molecule has 4 nitrogen and oxygen atoms in total. The molecule has 0 bridgehead atoms. The van der Waals surface area contributed by atoms with Gasteiger partial charge in [0.05, 0.1) is 0 Å². The predicted octanol–water partition coefficient (Wildman–Crippen LogP) is 0.909. The van der Waals surface area contributed by atoms with Gasteiger partial charge in [0.25, 0.3) is 0 Å². The summed E-state index contributed by atoms with van der Waals surface area (Å²) in [6.45, 7) is 1.91. The Hall–Kier alpha value is -0.121. The molecule has 0 radical (unpaired) electrons. The van der Waals surface area contributed by atoms with Crippen molar-refractivity contribution in [3.8, 4) is 0 Å². The van der Waals surface area contributed by atoms with Crippen molar-refractivity contribution in [2.45, 2.75) is 19.8 Å². The van der Waals surface area contributed by atoms with Crippen LogP contribution in [0, 0.1) is 0 Å². The second kappa shape index (κ2) is 3.82. The van der Waals surface area contributed by atoms with Crippen LogP contribution in [0.15, 0.2) is 0 Å². The van der Waals surface area contributed by atoms with E-state index >= 15 is 0 Å². The quantitative estimate of drug-likeness (QED) is 0.471. The summed E-state index contributed by atoms with van der Waals surface area (Å²) >= 11 is -4.96. The molecule has 0 saturated carbocycles. The molecule has 0 aliphatic carbocycles. The third-order valence-electron chi connectivity index (χ3n) is 0.709. The van der Waals surface area contributed by atoms with Gasteiger partial charge >= 0.3 is 54.7 Å². The molecule has 0 rings (SSSR count). The van der Waals surface area contributed by atoms with Crippen LogP contribution in [0.4, 0.5) is 0 Å². The Kier molecular flexibility index (Phi) is 3.77. The summed E-state index contributed by atoms with van der Waals surface area (Å²) < 4.78 is 33.3. The maximum atomic E-state index is 9.79. The van der Waals surface area contributed by atoms with Gasteiger partial charge in [0.2, 0.25) is 0 Å². The van der Waals surface area contributed by atoms with Gasteiger partial charge in [0.15, 0.2) is 0 Å². The van der Waals surface area contributed by atoms with Crippen molar-refractivity contribution >= 4 is 0 Å². The van der Waals surface area contributed by atoms with Gasteiger partial charge in [-0.05, 0) is 0 Å². The van der Waals surface area contributed by atoms with E-state index in [1.807, 2.05) is 6.92 Å². The Morgan fingerprint density at radius 2 is 1.89 bits per heavy atom. The van der Waals surface area contributed by atoms with E-state index in [0.717, 1.165) is 6.42 Å². The third kappa shape index (κ3) is 7.88. The first-order chi connectivity index (χ1) is 4.06. The van der Waals surface area contributed by atoms with Crippen LogP contribution >= 0.6 is 0 Å². The summed E-state index contributed by atoms with van der Waals surface area (Å²) in [5.41, 5.74) is 0. The SMILES string of the molecule is CCCC[O][Mn](=[O])(=[O])=[O]. The van der Waals surface area contributed by atoms with Crippen molar-refractivity contribution in [1.29, 1.82) is 0 Å². The van der Waals surface area contributed by atoms with Crippen molar-refractivity contribution < 1.29 is 28.3 Å². The summed E-state index contributed by atoms with van der Waals surface area (Å²) in [4.78, 5) is 0. The van der Waals surface area contributed by atoms with Crippen molar-refractivity contribution in [3.05, 3.63) is 0 Å². The molecule has 0 heterocycles. The first-order valence-corrected chi connectivity index (χ1v) is 4.54. The maximum absolute atomic E-state index is 9.79. The minimum atomic E-state index is -4.96. The van der Waals surface area contributed by atoms with Gasteiger partial charge in [-0.2, -0.15) is 0 Å². The zero-order valence-corrected chi connectivity index (χ0v) is 6.31. The van der Waals surface area contributed by atoms with Crippen molar-refractivity contribution in [1.82, 2.24) is 0 Å². The summed E-state index contributed by atoms with van der Waals surface area (Å²) in [7, 11) is 0. The topological polar surface area (TPSA) is 60.4 Å². The Morgan fingerprint density at radius 3 is 2.22 bits per heavy atom. The molecule has 0 aromatic rings. The number of unbranched alkanes of at least 4 members (excludes halogenated alkanes) is 1. The van der Waals surface area contributed by atoms with Crippen LogP contribution in [0.25, 0.3) is 0 Å². The Bertz CT molecular complexity index is 181. The van der Waals surface area contributed by atoms with Crippen LogP contribution in [0.5, 0.6) is 0 Å². The summed E-state index contributed by atoms with van der Waals surface area (Å²) in [5, 5.41) is 0. The van der Waals surface area contributed by atoms with Crippen LogP contribution in [0.3, 0.4) is 0 Å². The predicted molar refractivity (Wildman–Crippen MR) is 22.9 cm³/mol. The Morgan fingerprint density at radius 1 is 1.33 bits per heavy atom. The average Bonchev–Trinajstić information content (AvgIpc) is 1.63. The zero-order chi connectivity index (χ0) is 7.33. The summed E-state index contributed by atoms with van der Waals surface area (Å²) in [6.07, 6.45) is 1.44. The number of hydrogen-bond acceptors (Lipinski definition) is 4. The van der Waals surface area contributed by atoms with Crippen molar-refractivity contribution in [2.75, 3.05) is 6.61 Å². The van der Waals surface area contributed by atoms with Crippen LogP contribution in [0.1, 0.15) is 19.8 Å². The third-order valence-corrected chi connectivity index (χ3v) is 1.37. The molecule has 0 aliphatic heterocycles. The minimum absolute atomic E-state index is 0.0278. The second-order valence-electron chi connectivity index (χ2n) is 1.54. The van der Waals surface area contributed by atoms with Gasteiger partial charge < -0.3 is 0 Å². The molecule has 0 fully saturated rings. The van der Waals surface area contributed by atoms with E-state index in [4.69, 9.17) is 0 Å². The molecule has 0 aliphatic rings. The van der Waals surface area contributed by atoms with Gasteiger partial charge in [0, 0.05) is 0 Å². The first kappa shape index (κ1) is 8.88. The molecule has 0 atom stereocenters. The van der Waals surface area contributed by atoms with E-state index < -0.39 is 13.0 Å². The van der Waals surface area contributed by atoms with Crippen LogP contribution in [-0.4, -0.2) is 6.61 Å². The molecule has 5 heteroatoms. The monoisotopic (exact) mass is 176 g/mol. The van der Waals surface area contributed by atoms with Gasteiger partial charge in [-0.15, -0.1) is 0 Å². The van der Waals surface area contributed by atoms with E-state index in [-0.39, 0.29) is 6.61 Å². The standard InChI is InChI=1S/C4H9O.Mn.3O/c1-2-3-4-5;;;;/h2-4H2,1H3;;;;/q-1;+1;;;. The Labute approximate surface area is 55.4 Å². The average molecular weight is 176 g/mol. The zero-order valence-electron chi connectivity index (χ0n) is 5.13. The normalized spacial score (nSPS) is 11.7. The van der Waals surface area contributed by atoms with E-state index in [0.29, 0.717) is 6.42 Å². The van der Waals surface area contributed by atoms with Gasteiger partial charge in [0.1, 0.15) is 0 Å². The van der Waals surface area contributed by atoms with Gasteiger partial charge in [-0.25, -0.2) is 0 Å². The summed E-state index contributed by atoms with van der Waals surface area (Å²) in [5.74, 6) is 0. The van der Waals surface area contributed by atoms with Crippen molar-refractivity contribution in [2.24, 2.45) is 0 Å². The van der Waals surface area contributed by atoms with Crippen molar-refractivity contribution in [3.63, 3.8) is 0 Å². The molecule has 0 saturated heterocycles. The number of hydrogen-bond donors (Lipinski definition) is 0. The molecule has 9 heavy (non-hydrogen) atoms. The summed E-state index contributed by atoms with van der Waals surface area (Å²) in [6, 6.07) is 0. The fourth-order valence-electron chi connectivity index (χ4n) is 0.293. The fraction of sp³-hybridized carbons (Fsp3) is 1.00. The van der Waals surface area contributed by atoms with Crippen LogP contribution in [0.2, 0.25) is 0 Å². The molecule has 0 N–H and O–H groups in total. The molecule has 0 amide bonds. The van der Waals surface area contributed by atoms with Crippen LogP contribution < -0.4 is 0 Å². The van der Waals surface area contributed by atoms with Crippen LogP contribution in [-0.2, 0) is 28.3 Å². The first-order valence-electron chi connectivity index (χ1n) is 2.61. The molecular formula is C4H9MnO4. The molecule has 56 valence electrons.